The normalized spacial score (nSPS) is 16.8. The first kappa shape index (κ1) is 6.39. The Balaban J connectivity index is 2.16. The van der Waals surface area contributed by atoms with Crippen LogP contribution in [0.4, 0.5) is 4.79 Å². The Morgan fingerprint density at radius 2 is 2.33 bits per heavy atom. The average Bonchev–Trinajstić information content (AvgIpc) is 1.60. The van der Waals surface area contributed by atoms with Crippen LogP contribution < -0.4 is 5.32 Å². The molecule has 1 rings (SSSR count). The third kappa shape index (κ3) is 1.34. The SMILES string of the molecule is CCNC(=O)N1CCC1. The van der Waals surface area contributed by atoms with E-state index in [0.29, 0.717) is 0 Å². The fraction of sp³-hybridized carbons (Fsp3) is 0.833. The highest BCUT2D eigenvalue weighted by atomic mass is 16.2. The molecule has 2 amide bonds. The highest BCUT2D eigenvalue weighted by Gasteiger charge is 2.18. The molecule has 9 heavy (non-hydrogen) atoms. The van der Waals surface area contributed by atoms with E-state index >= 15 is 0 Å². The van der Waals surface area contributed by atoms with Crippen LogP contribution in [0, 0.1) is 0 Å². The first-order chi connectivity index (χ1) is 4.34. The lowest BCUT2D eigenvalue weighted by molar-refractivity contribution is 0.168. The van der Waals surface area contributed by atoms with Gasteiger partial charge in [0, 0.05) is 19.6 Å². The number of carbonyl (C=O) groups excluding carboxylic acids is 1. The van der Waals surface area contributed by atoms with Gasteiger partial charge in [0.05, 0.1) is 0 Å². The molecular formula is C6H12N2O. The molecule has 0 bridgehead atoms. The van der Waals surface area contributed by atoms with Crippen LogP contribution in [0.5, 0.6) is 0 Å². The number of hydrogen-bond donors (Lipinski definition) is 1. The van der Waals surface area contributed by atoms with Crippen molar-refractivity contribution in [2.45, 2.75) is 13.3 Å². The second-order valence-corrected chi connectivity index (χ2v) is 2.18. The van der Waals surface area contributed by atoms with Crippen LogP contribution in [0.25, 0.3) is 0 Å². The van der Waals surface area contributed by atoms with Crippen molar-refractivity contribution in [3.8, 4) is 0 Å². The van der Waals surface area contributed by atoms with E-state index in [0.717, 1.165) is 26.1 Å². The minimum absolute atomic E-state index is 0.0868. The minimum atomic E-state index is 0.0868. The van der Waals surface area contributed by atoms with E-state index in [1.807, 2.05) is 11.8 Å². The first-order valence-corrected chi connectivity index (χ1v) is 3.37. The molecule has 0 unspecified atom stereocenters. The highest BCUT2D eigenvalue weighted by molar-refractivity contribution is 5.74. The lowest BCUT2D eigenvalue weighted by Gasteiger charge is -2.30. The first-order valence-electron chi connectivity index (χ1n) is 3.37. The van der Waals surface area contributed by atoms with Crippen molar-refractivity contribution < 1.29 is 4.79 Å². The van der Waals surface area contributed by atoms with Crippen molar-refractivity contribution in [1.29, 1.82) is 0 Å². The van der Waals surface area contributed by atoms with Gasteiger partial charge in [-0.1, -0.05) is 0 Å². The summed E-state index contributed by atoms with van der Waals surface area (Å²) in [7, 11) is 0. The summed E-state index contributed by atoms with van der Waals surface area (Å²) in [4.78, 5) is 12.6. The Morgan fingerprint density at radius 3 is 2.67 bits per heavy atom. The van der Waals surface area contributed by atoms with E-state index in [9.17, 15) is 4.79 Å². The molecule has 1 aliphatic heterocycles. The molecule has 1 heterocycles. The van der Waals surface area contributed by atoms with E-state index in [2.05, 4.69) is 5.32 Å². The number of likely N-dealkylation sites (tertiary alicyclic amines) is 1. The molecule has 3 nitrogen and oxygen atoms in total. The summed E-state index contributed by atoms with van der Waals surface area (Å²) >= 11 is 0. The van der Waals surface area contributed by atoms with Gasteiger partial charge >= 0.3 is 6.03 Å². The predicted molar refractivity (Wildman–Crippen MR) is 35.3 cm³/mol. The molecule has 0 spiro atoms. The standard InChI is InChI=1S/C6H12N2O/c1-2-7-6(9)8-4-3-5-8/h2-5H2,1H3,(H,7,9). The molecule has 1 saturated heterocycles. The van der Waals surface area contributed by atoms with Gasteiger partial charge in [-0.3, -0.25) is 0 Å². The fourth-order valence-electron chi connectivity index (χ4n) is 0.782. The minimum Gasteiger partial charge on any atom is -0.338 e. The zero-order chi connectivity index (χ0) is 6.69. The lowest BCUT2D eigenvalue weighted by atomic mass is 10.2. The van der Waals surface area contributed by atoms with E-state index in [4.69, 9.17) is 0 Å². The number of hydrogen-bond acceptors (Lipinski definition) is 1. The van der Waals surface area contributed by atoms with Crippen LogP contribution in [0.3, 0.4) is 0 Å². The summed E-state index contributed by atoms with van der Waals surface area (Å²) in [6.07, 6.45) is 1.16. The van der Waals surface area contributed by atoms with E-state index in [1.165, 1.54) is 0 Å². The lowest BCUT2D eigenvalue weighted by Crippen LogP contribution is -2.47. The Bertz CT molecular complexity index is 110. The second-order valence-electron chi connectivity index (χ2n) is 2.18. The maximum atomic E-state index is 10.8. The predicted octanol–water partition coefficient (Wildman–Crippen LogP) is 0.422. The molecule has 0 radical (unpaired) electrons. The molecule has 52 valence electrons. The van der Waals surface area contributed by atoms with Crippen LogP contribution in [0.2, 0.25) is 0 Å². The van der Waals surface area contributed by atoms with Crippen LogP contribution in [-0.4, -0.2) is 30.6 Å². The second kappa shape index (κ2) is 2.71. The van der Waals surface area contributed by atoms with Gasteiger partial charge in [0.1, 0.15) is 0 Å². The Kier molecular flexibility index (Phi) is 1.92. The van der Waals surface area contributed by atoms with Crippen LogP contribution in [0.1, 0.15) is 13.3 Å². The van der Waals surface area contributed by atoms with Gasteiger partial charge in [-0.2, -0.15) is 0 Å². The van der Waals surface area contributed by atoms with Crippen LogP contribution in [0.15, 0.2) is 0 Å². The maximum Gasteiger partial charge on any atom is 0.317 e. The molecule has 0 atom stereocenters. The molecule has 1 fully saturated rings. The quantitative estimate of drug-likeness (QED) is 0.545. The largest absolute Gasteiger partial charge is 0.338 e. The zero-order valence-electron chi connectivity index (χ0n) is 5.68. The summed E-state index contributed by atoms with van der Waals surface area (Å²) in [5, 5.41) is 2.73. The van der Waals surface area contributed by atoms with Crippen LogP contribution in [-0.2, 0) is 0 Å². The third-order valence-electron chi connectivity index (χ3n) is 1.47. The van der Waals surface area contributed by atoms with Crippen molar-refractivity contribution >= 4 is 6.03 Å². The molecule has 0 aromatic heterocycles. The molecule has 3 heteroatoms. The monoisotopic (exact) mass is 128 g/mol. The van der Waals surface area contributed by atoms with E-state index in [-0.39, 0.29) is 6.03 Å². The Hall–Kier alpha value is -0.730. The topological polar surface area (TPSA) is 32.3 Å². The molecule has 0 aromatic carbocycles. The van der Waals surface area contributed by atoms with Gasteiger partial charge in [-0.15, -0.1) is 0 Å². The smallest absolute Gasteiger partial charge is 0.317 e. The Labute approximate surface area is 55.0 Å². The van der Waals surface area contributed by atoms with Crippen molar-refractivity contribution in [2.75, 3.05) is 19.6 Å². The maximum absolute atomic E-state index is 10.8. The summed E-state index contributed by atoms with van der Waals surface area (Å²) in [5.41, 5.74) is 0. The van der Waals surface area contributed by atoms with Crippen molar-refractivity contribution in [2.24, 2.45) is 0 Å². The fourth-order valence-corrected chi connectivity index (χ4v) is 0.782. The number of urea groups is 1. The van der Waals surface area contributed by atoms with E-state index < -0.39 is 0 Å². The van der Waals surface area contributed by atoms with Crippen molar-refractivity contribution in [1.82, 2.24) is 10.2 Å². The molecule has 0 saturated carbocycles. The van der Waals surface area contributed by atoms with Gasteiger partial charge in [0.15, 0.2) is 0 Å². The van der Waals surface area contributed by atoms with E-state index in [1.54, 1.807) is 0 Å². The number of nitrogens with zero attached hydrogens (tertiary/aromatic N) is 1. The third-order valence-corrected chi connectivity index (χ3v) is 1.47. The van der Waals surface area contributed by atoms with Gasteiger partial charge in [0.25, 0.3) is 0 Å². The van der Waals surface area contributed by atoms with Gasteiger partial charge < -0.3 is 10.2 Å². The molecule has 0 aromatic rings. The number of rotatable bonds is 1. The van der Waals surface area contributed by atoms with Crippen LogP contribution >= 0.6 is 0 Å². The molecule has 1 aliphatic rings. The zero-order valence-corrected chi connectivity index (χ0v) is 5.68. The van der Waals surface area contributed by atoms with Crippen molar-refractivity contribution in [3.63, 3.8) is 0 Å². The summed E-state index contributed by atoms with van der Waals surface area (Å²) in [6.45, 7) is 4.53. The summed E-state index contributed by atoms with van der Waals surface area (Å²) < 4.78 is 0. The Morgan fingerprint density at radius 1 is 1.67 bits per heavy atom. The molecule has 1 N–H and O–H groups in total. The summed E-state index contributed by atoms with van der Waals surface area (Å²) in [6, 6.07) is 0.0868. The summed E-state index contributed by atoms with van der Waals surface area (Å²) in [5.74, 6) is 0. The van der Waals surface area contributed by atoms with Gasteiger partial charge in [-0.05, 0) is 13.3 Å². The molecule has 0 aliphatic carbocycles. The van der Waals surface area contributed by atoms with Crippen molar-refractivity contribution in [3.05, 3.63) is 0 Å². The number of carbonyl (C=O) groups is 1. The average molecular weight is 128 g/mol. The molecular weight excluding hydrogens is 116 g/mol. The number of amides is 2. The van der Waals surface area contributed by atoms with Gasteiger partial charge in [0.2, 0.25) is 0 Å². The van der Waals surface area contributed by atoms with Gasteiger partial charge in [-0.25, -0.2) is 4.79 Å². The number of nitrogens with one attached hydrogen (secondary N) is 1. The highest BCUT2D eigenvalue weighted by Crippen LogP contribution is 2.04.